The fraction of sp³-hybridized carbons (Fsp3) is 0.389. The van der Waals surface area contributed by atoms with Gasteiger partial charge in [-0.15, -0.1) is 11.3 Å². The zero-order valence-corrected chi connectivity index (χ0v) is 15.6. The lowest BCUT2D eigenvalue weighted by atomic mass is 10.1. The Bertz CT molecular complexity index is 820. The summed E-state index contributed by atoms with van der Waals surface area (Å²) in [6.07, 6.45) is 0.978. The van der Waals surface area contributed by atoms with Gasteiger partial charge in [-0.1, -0.05) is 12.1 Å². The molecule has 1 aromatic carbocycles. The first kappa shape index (κ1) is 17.7. The van der Waals surface area contributed by atoms with Gasteiger partial charge in [0, 0.05) is 37.8 Å². The number of primary amides is 1. The standard InChI is InChI=1S/C18H21N5O3S/c19-17(25)15-11-23(13-3-1-2-4-14(13)26-15)16(24)12-21-6-8-22(9-7-21)18-20-5-10-27-18/h1-5,10,15H,6-9,11-12H2,(H2,19,25)/t15-/m0/s1. The van der Waals surface area contributed by atoms with E-state index >= 15 is 0 Å². The predicted molar refractivity (Wildman–Crippen MR) is 103 cm³/mol. The Balaban J connectivity index is 1.41. The first-order valence-corrected chi connectivity index (χ1v) is 9.72. The summed E-state index contributed by atoms with van der Waals surface area (Å²) < 4.78 is 5.62. The predicted octanol–water partition coefficient (Wildman–Crippen LogP) is 0.545. The van der Waals surface area contributed by atoms with Crippen molar-refractivity contribution in [3.05, 3.63) is 35.8 Å². The van der Waals surface area contributed by atoms with E-state index < -0.39 is 12.0 Å². The van der Waals surface area contributed by atoms with Gasteiger partial charge in [-0.3, -0.25) is 14.5 Å². The number of ether oxygens (including phenoxy) is 1. The molecule has 0 spiro atoms. The lowest BCUT2D eigenvalue weighted by Gasteiger charge is -2.37. The van der Waals surface area contributed by atoms with Gasteiger partial charge in [0.25, 0.3) is 5.91 Å². The maximum atomic E-state index is 13.0. The molecule has 2 amide bonds. The van der Waals surface area contributed by atoms with Gasteiger partial charge >= 0.3 is 0 Å². The van der Waals surface area contributed by atoms with Crippen LogP contribution in [0.1, 0.15) is 0 Å². The maximum absolute atomic E-state index is 13.0. The molecule has 27 heavy (non-hydrogen) atoms. The van der Waals surface area contributed by atoms with E-state index in [1.54, 1.807) is 28.5 Å². The Morgan fingerprint density at radius 1 is 1.22 bits per heavy atom. The number of hydrogen-bond donors (Lipinski definition) is 1. The normalized spacial score (nSPS) is 20.1. The summed E-state index contributed by atoms with van der Waals surface area (Å²) in [5.41, 5.74) is 6.09. The molecule has 1 atom stereocenters. The Hall–Kier alpha value is -2.65. The molecule has 0 aliphatic carbocycles. The molecule has 0 unspecified atom stereocenters. The molecule has 1 aromatic heterocycles. The topological polar surface area (TPSA) is 92.0 Å². The van der Waals surface area contributed by atoms with Crippen LogP contribution in [0.25, 0.3) is 0 Å². The number of amides is 2. The minimum atomic E-state index is -0.828. The number of benzene rings is 1. The van der Waals surface area contributed by atoms with Crippen LogP contribution >= 0.6 is 11.3 Å². The van der Waals surface area contributed by atoms with Gasteiger partial charge in [-0.05, 0) is 12.1 Å². The van der Waals surface area contributed by atoms with E-state index in [9.17, 15) is 9.59 Å². The van der Waals surface area contributed by atoms with Crippen LogP contribution in [0.2, 0.25) is 0 Å². The molecule has 0 radical (unpaired) electrons. The van der Waals surface area contributed by atoms with Crippen molar-refractivity contribution in [2.45, 2.75) is 6.10 Å². The van der Waals surface area contributed by atoms with Crippen molar-refractivity contribution in [3.8, 4) is 5.75 Å². The number of fused-ring (bicyclic) bond motifs is 1. The van der Waals surface area contributed by atoms with E-state index in [2.05, 4.69) is 14.8 Å². The molecule has 2 aliphatic heterocycles. The molecule has 9 heteroatoms. The number of piperazine rings is 1. The van der Waals surface area contributed by atoms with Crippen LogP contribution in [0.4, 0.5) is 10.8 Å². The van der Waals surface area contributed by atoms with Gasteiger partial charge in [0.2, 0.25) is 5.91 Å². The third-order valence-corrected chi connectivity index (χ3v) is 5.65. The number of aromatic nitrogens is 1. The molecule has 1 saturated heterocycles. The van der Waals surface area contributed by atoms with E-state index in [0.29, 0.717) is 18.0 Å². The molecule has 0 saturated carbocycles. The largest absolute Gasteiger partial charge is 0.477 e. The molecule has 4 rings (SSSR count). The zero-order valence-electron chi connectivity index (χ0n) is 14.8. The van der Waals surface area contributed by atoms with E-state index in [-0.39, 0.29) is 12.5 Å². The summed E-state index contributed by atoms with van der Waals surface area (Å²) in [6, 6.07) is 7.23. The third-order valence-electron chi connectivity index (χ3n) is 4.81. The summed E-state index contributed by atoms with van der Waals surface area (Å²) in [6.45, 7) is 3.69. The van der Waals surface area contributed by atoms with Crippen molar-refractivity contribution in [2.75, 3.05) is 49.1 Å². The molecular weight excluding hydrogens is 366 g/mol. The summed E-state index contributed by atoms with van der Waals surface area (Å²) in [5.74, 6) is -0.117. The highest BCUT2D eigenvalue weighted by molar-refractivity contribution is 7.13. The zero-order chi connectivity index (χ0) is 18.8. The molecule has 0 bridgehead atoms. The molecule has 3 heterocycles. The van der Waals surface area contributed by atoms with Crippen LogP contribution in [0.3, 0.4) is 0 Å². The number of para-hydroxylation sites is 2. The van der Waals surface area contributed by atoms with Crippen molar-refractivity contribution >= 4 is 34.0 Å². The van der Waals surface area contributed by atoms with Crippen LogP contribution in [-0.2, 0) is 9.59 Å². The van der Waals surface area contributed by atoms with E-state index in [1.807, 2.05) is 23.6 Å². The second kappa shape index (κ2) is 7.53. The second-order valence-corrected chi connectivity index (χ2v) is 7.43. The highest BCUT2D eigenvalue weighted by atomic mass is 32.1. The Kier molecular flexibility index (Phi) is 4.95. The van der Waals surface area contributed by atoms with Gasteiger partial charge in [-0.25, -0.2) is 4.98 Å². The Morgan fingerprint density at radius 3 is 2.70 bits per heavy atom. The van der Waals surface area contributed by atoms with Gasteiger partial charge in [-0.2, -0.15) is 0 Å². The lowest BCUT2D eigenvalue weighted by molar-refractivity contribution is -0.125. The number of rotatable bonds is 4. The summed E-state index contributed by atoms with van der Waals surface area (Å²) in [7, 11) is 0. The van der Waals surface area contributed by atoms with Crippen molar-refractivity contribution in [2.24, 2.45) is 5.73 Å². The van der Waals surface area contributed by atoms with Crippen LogP contribution < -0.4 is 20.3 Å². The summed E-state index contributed by atoms with van der Waals surface area (Å²) >= 11 is 1.63. The Morgan fingerprint density at radius 2 is 2.00 bits per heavy atom. The molecule has 8 nitrogen and oxygen atoms in total. The molecule has 2 aromatic rings. The van der Waals surface area contributed by atoms with Crippen LogP contribution in [0, 0.1) is 0 Å². The van der Waals surface area contributed by atoms with Crippen LogP contribution in [0.5, 0.6) is 5.75 Å². The minimum absolute atomic E-state index is 0.0558. The molecular formula is C18H21N5O3S. The second-order valence-electron chi connectivity index (χ2n) is 6.56. The number of nitrogens with zero attached hydrogens (tertiary/aromatic N) is 4. The number of hydrogen-bond acceptors (Lipinski definition) is 7. The van der Waals surface area contributed by atoms with Crippen molar-refractivity contribution in [1.29, 1.82) is 0 Å². The molecule has 1 fully saturated rings. The quantitative estimate of drug-likeness (QED) is 0.824. The number of anilines is 2. The smallest absolute Gasteiger partial charge is 0.260 e. The van der Waals surface area contributed by atoms with Gasteiger partial charge < -0.3 is 20.3 Å². The van der Waals surface area contributed by atoms with E-state index in [1.165, 1.54) is 0 Å². The van der Waals surface area contributed by atoms with Crippen molar-refractivity contribution < 1.29 is 14.3 Å². The minimum Gasteiger partial charge on any atom is -0.477 e. The fourth-order valence-electron chi connectivity index (χ4n) is 3.36. The van der Waals surface area contributed by atoms with Crippen LogP contribution in [0.15, 0.2) is 35.8 Å². The lowest BCUT2D eigenvalue weighted by Crippen LogP contribution is -2.54. The first-order valence-electron chi connectivity index (χ1n) is 8.84. The number of nitrogens with two attached hydrogens (primary N) is 1. The van der Waals surface area contributed by atoms with Gasteiger partial charge in [0.1, 0.15) is 5.75 Å². The number of carbonyl (C=O) groups excluding carboxylic acids is 2. The van der Waals surface area contributed by atoms with Crippen molar-refractivity contribution in [1.82, 2.24) is 9.88 Å². The number of thiazole rings is 1. The maximum Gasteiger partial charge on any atom is 0.260 e. The molecule has 2 aliphatic rings. The highest BCUT2D eigenvalue weighted by Crippen LogP contribution is 2.33. The van der Waals surface area contributed by atoms with Gasteiger partial charge in [0.05, 0.1) is 18.8 Å². The average Bonchev–Trinajstić information content (AvgIpc) is 3.22. The molecule has 142 valence electrons. The summed E-state index contributed by atoms with van der Waals surface area (Å²) in [4.78, 5) is 34.9. The Labute approximate surface area is 161 Å². The monoisotopic (exact) mass is 387 g/mol. The average molecular weight is 387 g/mol. The van der Waals surface area contributed by atoms with E-state index in [4.69, 9.17) is 10.5 Å². The SMILES string of the molecule is NC(=O)[C@@H]1CN(C(=O)CN2CCN(c3nccs3)CC2)c2ccccc2O1. The fourth-order valence-corrected chi connectivity index (χ4v) is 4.06. The first-order chi connectivity index (χ1) is 13.1. The molecule has 2 N–H and O–H groups in total. The van der Waals surface area contributed by atoms with Gasteiger partial charge in [0.15, 0.2) is 11.2 Å². The van der Waals surface area contributed by atoms with Crippen LogP contribution in [-0.4, -0.2) is 67.1 Å². The number of carbonyl (C=O) groups is 2. The third kappa shape index (κ3) is 3.74. The summed E-state index contributed by atoms with van der Waals surface area (Å²) in [5, 5.41) is 2.99. The van der Waals surface area contributed by atoms with Crippen molar-refractivity contribution in [3.63, 3.8) is 0 Å². The highest BCUT2D eigenvalue weighted by Gasteiger charge is 2.33. The van der Waals surface area contributed by atoms with E-state index in [0.717, 1.165) is 31.3 Å².